The highest BCUT2D eigenvalue weighted by Gasteiger charge is 1.92. The van der Waals surface area contributed by atoms with Crippen molar-refractivity contribution in [3.63, 3.8) is 0 Å². The van der Waals surface area contributed by atoms with Crippen molar-refractivity contribution in [2.24, 2.45) is 0 Å². The molecule has 0 unspecified atom stereocenters. The van der Waals surface area contributed by atoms with Crippen LogP contribution in [-0.2, 0) is 23.7 Å². The molecule has 2 N–H and O–H groups in total. The van der Waals surface area contributed by atoms with E-state index < -0.39 is 0 Å². The molecule has 0 aromatic carbocycles. The minimum Gasteiger partial charge on any atom is -0.394 e. The van der Waals surface area contributed by atoms with Crippen LogP contribution in [0, 0.1) is 0 Å². The summed E-state index contributed by atoms with van der Waals surface area (Å²) in [5.41, 5.74) is 0. The number of unbranched alkanes of at least 4 members (excludes halogenated alkanes) is 7. The van der Waals surface area contributed by atoms with Gasteiger partial charge in [0.2, 0.25) is 0 Å². The van der Waals surface area contributed by atoms with Crippen LogP contribution in [0.15, 0.2) is 0 Å². The van der Waals surface area contributed by atoms with Gasteiger partial charge in [0.05, 0.1) is 66.1 Å². The topological polar surface area (TPSA) is 86.6 Å². The molecule has 30 heavy (non-hydrogen) atoms. The Balaban J connectivity index is 0. The van der Waals surface area contributed by atoms with Gasteiger partial charge in [0.1, 0.15) is 0 Å². The molecular formula is C23H50O7. The Morgan fingerprint density at radius 3 is 1.10 bits per heavy atom. The average molecular weight is 439 g/mol. The molecule has 0 aliphatic carbocycles. The highest BCUT2D eigenvalue weighted by Crippen LogP contribution is 2.05. The van der Waals surface area contributed by atoms with E-state index in [9.17, 15) is 0 Å². The largest absolute Gasteiger partial charge is 0.394 e. The maximum atomic E-state index is 8.41. The van der Waals surface area contributed by atoms with Gasteiger partial charge < -0.3 is 33.9 Å². The van der Waals surface area contributed by atoms with Gasteiger partial charge in [-0.2, -0.15) is 0 Å². The highest BCUT2D eigenvalue weighted by atomic mass is 16.6. The summed E-state index contributed by atoms with van der Waals surface area (Å²) in [7, 11) is 0. The summed E-state index contributed by atoms with van der Waals surface area (Å²) < 4.78 is 25.9. The average Bonchev–Trinajstić information content (AvgIpc) is 2.76. The molecule has 0 aliphatic heterocycles. The second-order valence-electron chi connectivity index (χ2n) is 6.98. The molecule has 0 aromatic heterocycles. The van der Waals surface area contributed by atoms with Crippen molar-refractivity contribution in [3.05, 3.63) is 0 Å². The number of aliphatic hydroxyl groups excluding tert-OH is 2. The number of ether oxygens (including phenoxy) is 5. The molecule has 0 aliphatic rings. The SMILES string of the molecule is CCCCCCCCOCCCCC.OCCOCCOCCOCCOCCO. The zero-order chi connectivity index (χ0) is 22.4. The van der Waals surface area contributed by atoms with Gasteiger partial charge in [0.15, 0.2) is 0 Å². The highest BCUT2D eigenvalue weighted by molar-refractivity contribution is 4.44. The van der Waals surface area contributed by atoms with Gasteiger partial charge in [-0.15, -0.1) is 0 Å². The van der Waals surface area contributed by atoms with Gasteiger partial charge in [-0.05, 0) is 12.8 Å². The molecule has 0 heterocycles. The third-order valence-corrected chi connectivity index (χ3v) is 4.12. The van der Waals surface area contributed by atoms with Crippen LogP contribution in [-0.4, -0.2) is 89.5 Å². The van der Waals surface area contributed by atoms with E-state index in [1.165, 1.54) is 57.8 Å². The van der Waals surface area contributed by atoms with Gasteiger partial charge in [-0.25, -0.2) is 0 Å². The van der Waals surface area contributed by atoms with Crippen molar-refractivity contribution in [2.45, 2.75) is 71.6 Å². The minimum absolute atomic E-state index is 0.0386. The first-order valence-electron chi connectivity index (χ1n) is 11.9. The van der Waals surface area contributed by atoms with E-state index in [2.05, 4.69) is 13.8 Å². The summed E-state index contributed by atoms with van der Waals surface area (Å²) in [4.78, 5) is 0. The second kappa shape index (κ2) is 33.4. The summed E-state index contributed by atoms with van der Waals surface area (Å²) in [6, 6.07) is 0. The van der Waals surface area contributed by atoms with E-state index >= 15 is 0 Å². The van der Waals surface area contributed by atoms with E-state index in [1.807, 2.05) is 0 Å². The molecule has 7 heteroatoms. The smallest absolute Gasteiger partial charge is 0.0701 e. The van der Waals surface area contributed by atoms with Crippen molar-refractivity contribution in [1.82, 2.24) is 0 Å². The fourth-order valence-corrected chi connectivity index (χ4v) is 2.43. The van der Waals surface area contributed by atoms with E-state index in [0.29, 0.717) is 52.9 Å². The molecule has 0 aromatic rings. The number of rotatable bonds is 24. The Hall–Kier alpha value is -0.280. The van der Waals surface area contributed by atoms with E-state index in [4.69, 9.17) is 33.9 Å². The third-order valence-electron chi connectivity index (χ3n) is 4.12. The fourth-order valence-electron chi connectivity index (χ4n) is 2.43. The van der Waals surface area contributed by atoms with Crippen LogP contribution in [0.3, 0.4) is 0 Å². The van der Waals surface area contributed by atoms with Gasteiger partial charge in [-0.1, -0.05) is 58.8 Å². The van der Waals surface area contributed by atoms with Crippen LogP contribution >= 0.6 is 0 Å². The minimum atomic E-state index is 0.0386. The standard InChI is InChI=1S/C13H28O.C10H22O6/c1-3-5-7-8-9-11-13-14-12-10-6-4-2;11-1-3-13-5-7-15-9-10-16-8-6-14-4-2-12/h3-13H2,1-2H3;11-12H,1-10H2. The second-order valence-corrected chi connectivity index (χ2v) is 6.98. The Morgan fingerprint density at radius 2 is 0.667 bits per heavy atom. The van der Waals surface area contributed by atoms with Crippen molar-refractivity contribution in [1.29, 1.82) is 0 Å². The molecular weight excluding hydrogens is 388 g/mol. The molecule has 0 saturated carbocycles. The summed E-state index contributed by atoms with van der Waals surface area (Å²) in [5, 5.41) is 16.8. The summed E-state index contributed by atoms with van der Waals surface area (Å²) in [6.07, 6.45) is 12.0. The molecule has 7 nitrogen and oxygen atoms in total. The predicted octanol–water partition coefficient (Wildman–Crippen LogP) is 3.59. The Labute approximate surface area is 185 Å². The van der Waals surface area contributed by atoms with Crippen molar-refractivity contribution < 1.29 is 33.9 Å². The first kappa shape index (κ1) is 31.9. The molecule has 0 saturated heterocycles. The van der Waals surface area contributed by atoms with Crippen LogP contribution in [0.4, 0.5) is 0 Å². The number of hydrogen-bond donors (Lipinski definition) is 2. The van der Waals surface area contributed by atoms with Crippen molar-refractivity contribution in [2.75, 3.05) is 79.3 Å². The van der Waals surface area contributed by atoms with Crippen LogP contribution < -0.4 is 0 Å². The molecule has 0 radical (unpaired) electrons. The Morgan fingerprint density at radius 1 is 0.367 bits per heavy atom. The lowest BCUT2D eigenvalue weighted by Gasteiger charge is -2.06. The van der Waals surface area contributed by atoms with Gasteiger partial charge >= 0.3 is 0 Å². The van der Waals surface area contributed by atoms with Gasteiger partial charge in [0.25, 0.3) is 0 Å². The molecule has 0 rings (SSSR count). The zero-order valence-corrected chi connectivity index (χ0v) is 19.8. The molecule has 0 spiro atoms. The monoisotopic (exact) mass is 438 g/mol. The Kier molecular flexibility index (Phi) is 35.5. The number of hydrogen-bond acceptors (Lipinski definition) is 7. The van der Waals surface area contributed by atoms with E-state index in [1.54, 1.807) is 0 Å². The first-order valence-corrected chi connectivity index (χ1v) is 11.9. The molecule has 0 atom stereocenters. The number of aliphatic hydroxyl groups is 2. The lowest BCUT2D eigenvalue weighted by molar-refractivity contribution is -0.00856. The predicted molar refractivity (Wildman–Crippen MR) is 121 cm³/mol. The molecule has 0 bridgehead atoms. The molecule has 0 amide bonds. The summed E-state index contributed by atoms with van der Waals surface area (Å²) in [6.45, 7) is 10.2. The lowest BCUT2D eigenvalue weighted by Crippen LogP contribution is -2.13. The first-order chi connectivity index (χ1) is 14.8. The third kappa shape index (κ3) is 35.2. The zero-order valence-electron chi connectivity index (χ0n) is 19.8. The quantitative estimate of drug-likeness (QED) is 0.223. The van der Waals surface area contributed by atoms with Crippen LogP contribution in [0.1, 0.15) is 71.6 Å². The lowest BCUT2D eigenvalue weighted by atomic mass is 10.1. The molecule has 184 valence electrons. The maximum absolute atomic E-state index is 8.41. The van der Waals surface area contributed by atoms with Crippen molar-refractivity contribution in [3.8, 4) is 0 Å². The van der Waals surface area contributed by atoms with Crippen LogP contribution in [0.5, 0.6) is 0 Å². The van der Waals surface area contributed by atoms with E-state index in [0.717, 1.165) is 13.2 Å². The normalized spacial score (nSPS) is 10.8. The Bertz CT molecular complexity index is 242. The van der Waals surface area contributed by atoms with E-state index in [-0.39, 0.29) is 13.2 Å². The van der Waals surface area contributed by atoms with Gasteiger partial charge in [0, 0.05) is 13.2 Å². The summed E-state index contributed by atoms with van der Waals surface area (Å²) in [5.74, 6) is 0. The maximum Gasteiger partial charge on any atom is 0.0701 e. The van der Waals surface area contributed by atoms with Crippen molar-refractivity contribution >= 4 is 0 Å². The molecule has 0 fully saturated rings. The fraction of sp³-hybridized carbons (Fsp3) is 1.00. The van der Waals surface area contributed by atoms with Gasteiger partial charge in [-0.3, -0.25) is 0 Å². The summed E-state index contributed by atoms with van der Waals surface area (Å²) >= 11 is 0. The van der Waals surface area contributed by atoms with Crippen LogP contribution in [0.2, 0.25) is 0 Å². The van der Waals surface area contributed by atoms with Crippen LogP contribution in [0.25, 0.3) is 0 Å².